The van der Waals surface area contributed by atoms with Gasteiger partial charge in [0.15, 0.2) is 0 Å². The zero-order valence-electron chi connectivity index (χ0n) is 24.8. The zero-order chi connectivity index (χ0) is 26.3. The van der Waals surface area contributed by atoms with Gasteiger partial charge < -0.3 is 28.7 Å². The molecule has 0 aromatic carbocycles. The van der Waals surface area contributed by atoms with Crippen LogP contribution in [-0.4, -0.2) is 39.6 Å². The van der Waals surface area contributed by atoms with Crippen LogP contribution in [-0.2, 0) is 37.5 Å². The van der Waals surface area contributed by atoms with Crippen molar-refractivity contribution in [2.45, 2.75) is 107 Å². The van der Waals surface area contributed by atoms with E-state index >= 15 is 0 Å². The van der Waals surface area contributed by atoms with Crippen molar-refractivity contribution in [1.82, 2.24) is 0 Å². The molecule has 3 N–H and O–H groups in total. The molecule has 207 valence electrons. The van der Waals surface area contributed by atoms with Crippen LogP contribution in [0.25, 0.3) is 0 Å². The first-order valence-corrected chi connectivity index (χ1v) is 14.9. The van der Waals surface area contributed by atoms with E-state index < -0.39 is 0 Å². The number of carbonyl (C=O) groups is 1. The average Bonchev–Trinajstić information content (AvgIpc) is 2.77. The molecule has 1 fully saturated rings. The van der Waals surface area contributed by atoms with E-state index in [4.69, 9.17) is 5.11 Å². The molecule has 3 atom stereocenters. The maximum absolute atomic E-state index is 10.0. The molecule has 3 unspecified atom stereocenters. The number of hydrogen-bond donors (Lipinski definition) is 1. The van der Waals surface area contributed by atoms with Crippen molar-refractivity contribution in [3.63, 3.8) is 0 Å². The quantitative estimate of drug-likeness (QED) is 0.174. The van der Waals surface area contributed by atoms with Crippen LogP contribution in [0.15, 0.2) is 12.2 Å². The SMILES string of the molecule is C=C1C(CSCO)CC(C(C)SC)[CH-]C1(C)C.CC.CCC(C)C.CCCC(C)=O.O.[CH2-]C.[Y]. The van der Waals surface area contributed by atoms with Crippen molar-refractivity contribution < 1.29 is 48.1 Å². The monoisotopic (exact) mass is 597 g/mol. The van der Waals surface area contributed by atoms with Crippen LogP contribution in [0.2, 0.25) is 0 Å². The molecule has 0 aromatic rings. The Balaban J connectivity index is -0.0000000965. The van der Waals surface area contributed by atoms with Gasteiger partial charge in [0.2, 0.25) is 0 Å². The van der Waals surface area contributed by atoms with Gasteiger partial charge in [-0.2, -0.15) is 24.6 Å². The van der Waals surface area contributed by atoms with Gasteiger partial charge in [-0.25, -0.2) is 0 Å². The van der Waals surface area contributed by atoms with Gasteiger partial charge in [0, 0.05) is 44.9 Å². The maximum atomic E-state index is 10.0. The van der Waals surface area contributed by atoms with Crippen molar-refractivity contribution in [2.75, 3.05) is 17.9 Å². The Bertz CT molecular complexity index is 430. The predicted octanol–water partition coefficient (Wildman–Crippen LogP) is 8.31. The van der Waals surface area contributed by atoms with E-state index in [9.17, 15) is 4.79 Å². The first-order valence-electron chi connectivity index (χ1n) is 12.4. The van der Waals surface area contributed by atoms with Crippen LogP contribution >= 0.6 is 23.5 Å². The number of aliphatic hydroxyl groups excluding tert-OH is 1. The number of allylic oxidation sites excluding steroid dienone is 1. The molecule has 3 nitrogen and oxygen atoms in total. The summed E-state index contributed by atoms with van der Waals surface area (Å²) >= 11 is 3.56. The molecule has 1 radical (unpaired) electrons. The minimum atomic E-state index is 0. The molecular formula is C28H60O3S2Y-2. The van der Waals surface area contributed by atoms with Gasteiger partial charge in [0.1, 0.15) is 5.78 Å². The summed E-state index contributed by atoms with van der Waals surface area (Å²) in [5, 5.41) is 9.63. The van der Waals surface area contributed by atoms with Crippen molar-refractivity contribution in [3.05, 3.63) is 25.5 Å². The standard InChI is InChI=1S/C14H25OS2.C5H10O.C5H12.C2H6.C2H5.H2O.Y/c1-10-13(8-17-9-15)6-12(11(2)16-5)7-14(10,3)4;1-3-4-5(2)6;1-4-5(2)3;2*1-2;;/h7,11-13,15H,1,6,8-9H2,2-5H3;3-4H2,1-2H3;5H,4H2,1-3H3;1-2H3;1H2,2H3;1H2;/q-1;;;;-1;;. The van der Waals surface area contributed by atoms with E-state index in [-0.39, 0.29) is 55.3 Å². The summed E-state index contributed by atoms with van der Waals surface area (Å²) in [6.45, 7) is 30.4. The second-order valence-electron chi connectivity index (χ2n) is 8.70. The topological polar surface area (TPSA) is 68.8 Å². The number of Topliss-reactive ketones (excluding diaryl/α,β-unsaturated/α-hetero) is 1. The minimum absolute atomic E-state index is 0. The second-order valence-corrected chi connectivity index (χ2v) is 10.9. The maximum Gasteiger partial charge on any atom is 0.129 e. The Morgan fingerprint density at radius 3 is 1.94 bits per heavy atom. The van der Waals surface area contributed by atoms with E-state index in [0.29, 0.717) is 17.1 Å². The first kappa shape index (κ1) is 48.2. The first-order chi connectivity index (χ1) is 15.0. The van der Waals surface area contributed by atoms with E-state index in [1.54, 1.807) is 25.6 Å². The van der Waals surface area contributed by atoms with Gasteiger partial charge in [-0.05, 0) is 36.7 Å². The predicted molar refractivity (Wildman–Crippen MR) is 158 cm³/mol. The van der Waals surface area contributed by atoms with E-state index in [0.717, 1.165) is 24.5 Å². The normalized spacial score (nSPS) is 18.4. The summed E-state index contributed by atoms with van der Waals surface area (Å²) in [7, 11) is 0. The molecule has 0 amide bonds. The third kappa shape index (κ3) is 27.7. The summed E-state index contributed by atoms with van der Waals surface area (Å²) in [6, 6.07) is 0. The van der Waals surface area contributed by atoms with Crippen LogP contribution in [0.1, 0.15) is 102 Å². The fourth-order valence-corrected chi connectivity index (χ4v) is 4.19. The zero-order valence-corrected chi connectivity index (χ0v) is 29.3. The summed E-state index contributed by atoms with van der Waals surface area (Å²) < 4.78 is 0. The largest absolute Gasteiger partial charge is 0.412 e. The van der Waals surface area contributed by atoms with Gasteiger partial charge in [-0.3, -0.25) is 0 Å². The molecule has 1 aliphatic rings. The van der Waals surface area contributed by atoms with Crippen molar-refractivity contribution >= 4 is 29.3 Å². The summed E-state index contributed by atoms with van der Waals surface area (Å²) in [6.07, 6.45) is 8.88. The molecule has 0 bridgehead atoms. The van der Waals surface area contributed by atoms with Gasteiger partial charge >= 0.3 is 0 Å². The number of rotatable bonds is 8. The molecule has 0 aromatic heterocycles. The van der Waals surface area contributed by atoms with E-state index in [1.165, 1.54) is 18.4 Å². The molecule has 1 rings (SSSR count). The summed E-state index contributed by atoms with van der Waals surface area (Å²) in [5.74, 6) is 3.61. The third-order valence-electron chi connectivity index (χ3n) is 5.31. The summed E-state index contributed by atoms with van der Waals surface area (Å²) in [5.41, 5.74) is 1.47. The van der Waals surface area contributed by atoms with Crippen molar-refractivity contribution in [1.29, 1.82) is 0 Å². The van der Waals surface area contributed by atoms with Gasteiger partial charge in [-0.1, -0.05) is 80.7 Å². The Labute approximate surface area is 249 Å². The summed E-state index contributed by atoms with van der Waals surface area (Å²) in [4.78, 5) is 10.0. The number of thioether (sulfide) groups is 2. The Morgan fingerprint density at radius 1 is 1.24 bits per heavy atom. The van der Waals surface area contributed by atoms with Crippen LogP contribution < -0.4 is 0 Å². The molecular weight excluding hydrogens is 537 g/mol. The van der Waals surface area contributed by atoms with Gasteiger partial charge in [-0.15, -0.1) is 23.8 Å². The Morgan fingerprint density at radius 2 is 1.68 bits per heavy atom. The molecule has 0 aliphatic heterocycles. The molecule has 1 aliphatic carbocycles. The molecule has 0 saturated heterocycles. The fraction of sp³-hybridized carbons (Fsp3) is 0.821. The van der Waals surface area contributed by atoms with Crippen LogP contribution in [0, 0.1) is 36.5 Å². The number of carbonyl (C=O) groups excluding carboxylic acids is 1. The third-order valence-corrected chi connectivity index (χ3v) is 7.23. The van der Waals surface area contributed by atoms with E-state index in [1.807, 2.05) is 32.5 Å². The molecule has 0 heterocycles. The fourth-order valence-electron chi connectivity index (χ4n) is 2.92. The minimum Gasteiger partial charge on any atom is -0.412 e. The van der Waals surface area contributed by atoms with Crippen LogP contribution in [0.3, 0.4) is 0 Å². The number of aliphatic hydroxyl groups is 1. The average molecular weight is 598 g/mol. The van der Waals surface area contributed by atoms with Gasteiger partial charge in [0.05, 0.1) is 5.94 Å². The Hall–Kier alpha value is 1.13. The van der Waals surface area contributed by atoms with E-state index in [2.05, 4.69) is 67.7 Å². The Kier molecular flexibility index (Phi) is 45.6. The molecule has 6 heteroatoms. The van der Waals surface area contributed by atoms with Crippen molar-refractivity contribution in [2.24, 2.45) is 23.2 Å². The van der Waals surface area contributed by atoms with Crippen LogP contribution in [0.5, 0.6) is 0 Å². The van der Waals surface area contributed by atoms with Crippen molar-refractivity contribution in [3.8, 4) is 0 Å². The number of hydrogen-bond acceptors (Lipinski definition) is 4. The van der Waals surface area contributed by atoms with Crippen LogP contribution in [0.4, 0.5) is 0 Å². The number of ketones is 1. The van der Waals surface area contributed by atoms with Gasteiger partial charge in [0.25, 0.3) is 0 Å². The molecule has 34 heavy (non-hydrogen) atoms. The second kappa shape index (κ2) is 32.2. The molecule has 0 spiro atoms. The molecule has 1 saturated carbocycles. The smallest absolute Gasteiger partial charge is 0.129 e.